The smallest absolute Gasteiger partial charge is 0.244 e. The van der Waals surface area contributed by atoms with Crippen molar-refractivity contribution < 1.29 is 9.53 Å². The Labute approximate surface area is 164 Å². The van der Waals surface area contributed by atoms with E-state index in [1.807, 2.05) is 62.4 Å². The van der Waals surface area contributed by atoms with Crippen LogP contribution in [0.25, 0.3) is 11.0 Å². The summed E-state index contributed by atoms with van der Waals surface area (Å²) in [6, 6.07) is 18.9. The Morgan fingerprint density at radius 2 is 1.71 bits per heavy atom. The highest BCUT2D eigenvalue weighted by atomic mass is 16.5. The van der Waals surface area contributed by atoms with E-state index in [1.165, 1.54) is 0 Å². The number of amides is 1. The fraction of sp³-hybridized carbons (Fsp3) is 0.273. The van der Waals surface area contributed by atoms with Crippen LogP contribution in [-0.2, 0) is 11.3 Å². The van der Waals surface area contributed by atoms with Crippen molar-refractivity contribution >= 4 is 16.9 Å². The van der Waals surface area contributed by atoms with Crippen LogP contribution in [0.15, 0.2) is 54.6 Å². The molecule has 0 aliphatic rings. The molecule has 2 aromatic carbocycles. The topological polar surface area (TPSA) is 87.9 Å². The van der Waals surface area contributed by atoms with Gasteiger partial charge in [0.25, 0.3) is 0 Å². The minimum absolute atomic E-state index is 0.230. The first-order valence-electron chi connectivity index (χ1n) is 9.19. The highest BCUT2D eigenvalue weighted by molar-refractivity contribution is 5.87. The Balaban J connectivity index is 1.89. The van der Waals surface area contributed by atoms with Gasteiger partial charge in [0.05, 0.1) is 23.7 Å². The van der Waals surface area contributed by atoms with Gasteiger partial charge in [0.1, 0.15) is 5.69 Å². The second-order valence-corrected chi connectivity index (χ2v) is 6.87. The molecule has 1 atom stereocenters. The third-order valence-corrected chi connectivity index (χ3v) is 4.09. The Kier molecular flexibility index (Phi) is 6.18. The van der Waals surface area contributed by atoms with E-state index in [-0.39, 0.29) is 17.5 Å². The van der Waals surface area contributed by atoms with Crippen molar-refractivity contribution in [2.45, 2.75) is 26.3 Å². The third-order valence-electron chi connectivity index (χ3n) is 4.09. The van der Waals surface area contributed by atoms with Crippen molar-refractivity contribution in [1.29, 1.82) is 5.26 Å². The summed E-state index contributed by atoms with van der Waals surface area (Å²) in [5.41, 5.74) is 2.47. The molecule has 0 saturated heterocycles. The molecule has 0 spiro atoms. The van der Waals surface area contributed by atoms with E-state index in [4.69, 9.17) is 4.74 Å². The van der Waals surface area contributed by atoms with Crippen LogP contribution in [0.3, 0.4) is 0 Å². The van der Waals surface area contributed by atoms with Crippen LogP contribution in [0.5, 0.6) is 5.88 Å². The second kappa shape index (κ2) is 8.96. The summed E-state index contributed by atoms with van der Waals surface area (Å²) >= 11 is 0. The third kappa shape index (κ3) is 4.63. The van der Waals surface area contributed by atoms with Crippen LogP contribution in [0, 0.1) is 17.2 Å². The van der Waals surface area contributed by atoms with Crippen LogP contribution in [0.2, 0.25) is 0 Å². The number of aromatic nitrogens is 2. The average Bonchev–Trinajstić information content (AvgIpc) is 2.72. The van der Waals surface area contributed by atoms with Crippen molar-refractivity contribution in [2.24, 2.45) is 5.92 Å². The summed E-state index contributed by atoms with van der Waals surface area (Å²) < 4.78 is 5.80. The summed E-state index contributed by atoms with van der Waals surface area (Å²) in [5.74, 6) is -1.03. The number of hydrogen-bond acceptors (Lipinski definition) is 5. The summed E-state index contributed by atoms with van der Waals surface area (Å²) in [6.45, 7) is 4.79. The first-order chi connectivity index (χ1) is 13.6. The van der Waals surface area contributed by atoms with E-state index in [9.17, 15) is 10.1 Å². The first-order valence-corrected chi connectivity index (χ1v) is 9.19. The molecule has 0 aliphatic carbocycles. The number of ether oxygens (including phenoxy) is 1. The quantitative estimate of drug-likeness (QED) is 0.683. The minimum Gasteiger partial charge on any atom is -0.476 e. The number of nitrogens with one attached hydrogen (secondary N) is 1. The number of rotatable bonds is 7. The molecule has 0 fully saturated rings. The van der Waals surface area contributed by atoms with Gasteiger partial charge in [-0.3, -0.25) is 4.79 Å². The predicted octanol–water partition coefficient (Wildman–Crippen LogP) is 3.59. The lowest BCUT2D eigenvalue weighted by atomic mass is 10.1. The van der Waals surface area contributed by atoms with E-state index in [0.717, 1.165) is 5.56 Å². The van der Waals surface area contributed by atoms with Crippen molar-refractivity contribution in [1.82, 2.24) is 15.3 Å². The molecule has 0 unspecified atom stereocenters. The Morgan fingerprint density at radius 1 is 1.07 bits per heavy atom. The number of para-hydroxylation sites is 2. The monoisotopic (exact) mass is 374 g/mol. The van der Waals surface area contributed by atoms with Crippen molar-refractivity contribution in [3.05, 3.63) is 65.9 Å². The summed E-state index contributed by atoms with van der Waals surface area (Å²) in [7, 11) is 0. The molecular formula is C22H22N4O2. The van der Waals surface area contributed by atoms with E-state index < -0.39 is 11.8 Å². The molecule has 3 aromatic rings. The van der Waals surface area contributed by atoms with E-state index in [0.29, 0.717) is 24.2 Å². The number of benzene rings is 2. The number of nitriles is 1. The average molecular weight is 374 g/mol. The number of nitrogens with zero attached hydrogens (tertiary/aromatic N) is 3. The molecule has 0 radical (unpaired) electrons. The standard InChI is InChI=1S/C22H22N4O2/c1-15(2)14-28-22-20(25-18-10-6-7-11-19(18)26-22)17(12-23)21(27)24-13-16-8-4-3-5-9-16/h3-11,15,17H,13-14H2,1-2H3,(H,24,27)/t17-/m1/s1. The molecule has 0 saturated carbocycles. The zero-order valence-electron chi connectivity index (χ0n) is 15.9. The molecule has 28 heavy (non-hydrogen) atoms. The molecule has 142 valence electrons. The molecule has 0 aliphatic heterocycles. The van der Waals surface area contributed by atoms with Crippen molar-refractivity contribution in [3.8, 4) is 11.9 Å². The van der Waals surface area contributed by atoms with Gasteiger partial charge in [0.15, 0.2) is 5.92 Å². The molecular weight excluding hydrogens is 352 g/mol. The maximum atomic E-state index is 12.7. The maximum Gasteiger partial charge on any atom is 0.244 e. The van der Waals surface area contributed by atoms with Crippen LogP contribution >= 0.6 is 0 Å². The zero-order valence-corrected chi connectivity index (χ0v) is 15.9. The Morgan fingerprint density at radius 3 is 2.36 bits per heavy atom. The largest absolute Gasteiger partial charge is 0.476 e. The normalized spacial score (nSPS) is 11.8. The fourth-order valence-electron chi connectivity index (χ4n) is 2.67. The van der Waals surface area contributed by atoms with Gasteiger partial charge in [0, 0.05) is 6.54 Å². The Hall–Kier alpha value is -3.46. The molecule has 6 nitrogen and oxygen atoms in total. The first kappa shape index (κ1) is 19.3. The highest BCUT2D eigenvalue weighted by Gasteiger charge is 2.27. The lowest BCUT2D eigenvalue weighted by molar-refractivity contribution is -0.121. The highest BCUT2D eigenvalue weighted by Crippen LogP contribution is 2.26. The molecule has 1 N–H and O–H groups in total. The van der Waals surface area contributed by atoms with Crippen LogP contribution in [0.4, 0.5) is 0 Å². The number of carbonyl (C=O) groups excluding carboxylic acids is 1. The molecule has 3 rings (SSSR count). The molecule has 1 aromatic heterocycles. The van der Waals surface area contributed by atoms with Gasteiger partial charge in [-0.05, 0) is 23.6 Å². The number of fused-ring (bicyclic) bond motifs is 1. The lowest BCUT2D eigenvalue weighted by Crippen LogP contribution is -2.29. The van der Waals surface area contributed by atoms with E-state index in [2.05, 4.69) is 21.4 Å². The van der Waals surface area contributed by atoms with Crippen LogP contribution in [0.1, 0.15) is 31.0 Å². The Bertz CT molecular complexity index is 996. The SMILES string of the molecule is CC(C)COc1nc2ccccc2nc1[C@@H](C#N)C(=O)NCc1ccccc1. The summed E-state index contributed by atoms with van der Waals surface area (Å²) in [5, 5.41) is 12.5. The van der Waals surface area contributed by atoms with Crippen molar-refractivity contribution in [3.63, 3.8) is 0 Å². The van der Waals surface area contributed by atoms with Gasteiger partial charge >= 0.3 is 0 Å². The predicted molar refractivity (Wildman–Crippen MR) is 107 cm³/mol. The summed E-state index contributed by atoms with van der Waals surface area (Å²) in [6.07, 6.45) is 0. The van der Waals surface area contributed by atoms with E-state index >= 15 is 0 Å². The van der Waals surface area contributed by atoms with Gasteiger partial charge in [-0.2, -0.15) is 5.26 Å². The van der Waals surface area contributed by atoms with Gasteiger partial charge in [-0.25, -0.2) is 9.97 Å². The van der Waals surface area contributed by atoms with E-state index in [1.54, 1.807) is 6.07 Å². The lowest BCUT2D eigenvalue weighted by Gasteiger charge is -2.15. The van der Waals surface area contributed by atoms with Gasteiger partial charge in [-0.1, -0.05) is 56.3 Å². The van der Waals surface area contributed by atoms with Gasteiger partial charge in [0.2, 0.25) is 11.8 Å². The number of hydrogen-bond donors (Lipinski definition) is 1. The maximum absolute atomic E-state index is 12.7. The zero-order chi connectivity index (χ0) is 19.9. The van der Waals surface area contributed by atoms with Crippen LogP contribution in [-0.4, -0.2) is 22.5 Å². The number of carbonyl (C=O) groups is 1. The van der Waals surface area contributed by atoms with Crippen LogP contribution < -0.4 is 10.1 Å². The van der Waals surface area contributed by atoms with Crippen molar-refractivity contribution in [2.75, 3.05) is 6.61 Å². The molecule has 6 heteroatoms. The molecule has 0 bridgehead atoms. The summed E-state index contributed by atoms with van der Waals surface area (Å²) in [4.78, 5) is 21.7. The minimum atomic E-state index is -1.11. The second-order valence-electron chi connectivity index (χ2n) is 6.87. The van der Waals surface area contributed by atoms with Gasteiger partial charge in [-0.15, -0.1) is 0 Å². The fourth-order valence-corrected chi connectivity index (χ4v) is 2.67. The molecule has 1 amide bonds. The molecule has 1 heterocycles. The van der Waals surface area contributed by atoms with Gasteiger partial charge < -0.3 is 10.1 Å².